The third-order valence-corrected chi connectivity index (χ3v) is 5.94. The molecule has 0 spiro atoms. The zero-order valence-electron chi connectivity index (χ0n) is 18.6. The Hall–Kier alpha value is -2.73. The van der Waals surface area contributed by atoms with Crippen LogP contribution in [0.1, 0.15) is 46.5 Å². The zero-order valence-corrected chi connectivity index (χ0v) is 18.6. The topological polar surface area (TPSA) is 182 Å². The van der Waals surface area contributed by atoms with Gasteiger partial charge in [-0.15, -0.1) is 0 Å². The number of carbonyl (C=O) groups excluding carboxylic acids is 4. The number of carboxylic acids is 1. The zero-order chi connectivity index (χ0) is 24.2. The van der Waals surface area contributed by atoms with Crippen molar-refractivity contribution in [2.75, 3.05) is 13.1 Å². The fraction of sp³-hybridized carbons (Fsp3) is 0.750. The first kappa shape index (κ1) is 25.5. The number of aliphatic carboxylic acids is 1. The summed E-state index contributed by atoms with van der Waals surface area (Å²) in [6.45, 7) is 4.86. The Kier molecular flexibility index (Phi) is 8.56. The molecule has 32 heavy (non-hydrogen) atoms. The largest absolute Gasteiger partial charge is 0.480 e. The van der Waals surface area contributed by atoms with Gasteiger partial charge in [0.25, 0.3) is 0 Å². The van der Waals surface area contributed by atoms with Crippen LogP contribution in [0.3, 0.4) is 0 Å². The second kappa shape index (κ2) is 10.7. The minimum atomic E-state index is -1.18. The van der Waals surface area contributed by atoms with Crippen molar-refractivity contribution in [3.63, 3.8) is 0 Å². The van der Waals surface area contributed by atoms with Gasteiger partial charge in [-0.25, -0.2) is 0 Å². The van der Waals surface area contributed by atoms with Gasteiger partial charge >= 0.3 is 5.97 Å². The highest BCUT2D eigenvalue weighted by Crippen LogP contribution is 2.25. The van der Waals surface area contributed by atoms with Gasteiger partial charge in [-0.3, -0.25) is 24.0 Å². The summed E-state index contributed by atoms with van der Waals surface area (Å²) in [5.41, 5.74) is 5.59. The lowest BCUT2D eigenvalue weighted by atomic mass is 10.1. The van der Waals surface area contributed by atoms with Gasteiger partial charge in [0.1, 0.15) is 30.2 Å². The molecule has 2 aliphatic rings. The van der Waals surface area contributed by atoms with Crippen LogP contribution in [0.5, 0.6) is 0 Å². The van der Waals surface area contributed by atoms with Crippen LogP contribution in [0.25, 0.3) is 0 Å². The van der Waals surface area contributed by atoms with Crippen LogP contribution < -0.4 is 16.4 Å². The molecule has 0 aromatic carbocycles. The Balaban J connectivity index is 2.05. The van der Waals surface area contributed by atoms with Crippen molar-refractivity contribution in [2.45, 2.75) is 82.8 Å². The van der Waals surface area contributed by atoms with Crippen LogP contribution in [0.4, 0.5) is 0 Å². The molecular formula is C20H33N5O7. The minimum absolute atomic E-state index is 0.332. The standard InChI is InChI=1S/C20H33N5O7/c1-10(22-17(28)15(21)12(3)26)18(29)25-9-5-7-14(25)19(30)24-8-4-6-13(24)16(27)23-11(2)20(31)32/h10-15,26H,4-9,21H2,1-3H3,(H,22,28)(H,23,27)(H,31,32)/t10-,11-,12?,13?,14-,15?/m0/s1. The number of rotatable bonds is 8. The normalized spacial score (nSPS) is 24.4. The summed E-state index contributed by atoms with van der Waals surface area (Å²) in [7, 11) is 0. The fourth-order valence-corrected chi connectivity index (χ4v) is 3.99. The first-order valence-corrected chi connectivity index (χ1v) is 10.8. The average Bonchev–Trinajstić information content (AvgIpc) is 3.41. The van der Waals surface area contributed by atoms with Gasteiger partial charge in [0, 0.05) is 13.1 Å². The highest BCUT2D eigenvalue weighted by Gasteiger charge is 2.43. The first-order chi connectivity index (χ1) is 15.0. The van der Waals surface area contributed by atoms with E-state index in [9.17, 15) is 29.1 Å². The predicted molar refractivity (Wildman–Crippen MR) is 112 cm³/mol. The molecular weight excluding hydrogens is 422 g/mol. The highest BCUT2D eigenvalue weighted by atomic mass is 16.4. The molecule has 2 heterocycles. The number of carboxylic acid groups (broad SMARTS) is 1. The van der Waals surface area contributed by atoms with Crippen molar-refractivity contribution in [1.82, 2.24) is 20.4 Å². The van der Waals surface area contributed by atoms with E-state index in [1.807, 2.05) is 0 Å². The summed E-state index contributed by atoms with van der Waals surface area (Å²) < 4.78 is 0. The van der Waals surface area contributed by atoms with E-state index in [-0.39, 0.29) is 5.91 Å². The summed E-state index contributed by atoms with van der Waals surface area (Å²) in [6.07, 6.45) is 0.940. The number of carbonyl (C=O) groups is 5. The SMILES string of the molecule is CC(O)C(N)C(=O)N[C@@H](C)C(=O)N1CCC[C@H]1C(=O)N1CCCC1C(=O)N[C@@H](C)C(=O)O. The molecule has 2 rings (SSSR count). The monoisotopic (exact) mass is 455 g/mol. The van der Waals surface area contributed by atoms with E-state index >= 15 is 0 Å². The van der Waals surface area contributed by atoms with Crippen LogP contribution in [-0.4, -0.2) is 99.0 Å². The molecule has 0 bridgehead atoms. The van der Waals surface area contributed by atoms with Gasteiger partial charge in [-0.05, 0) is 46.5 Å². The maximum Gasteiger partial charge on any atom is 0.325 e. The van der Waals surface area contributed by atoms with E-state index in [0.29, 0.717) is 38.8 Å². The van der Waals surface area contributed by atoms with Gasteiger partial charge in [0.05, 0.1) is 6.10 Å². The Labute approximate surface area is 186 Å². The molecule has 12 heteroatoms. The number of nitrogens with zero attached hydrogens (tertiary/aromatic N) is 2. The Morgan fingerprint density at radius 1 is 0.906 bits per heavy atom. The lowest BCUT2D eigenvalue weighted by Gasteiger charge is -2.32. The molecule has 3 unspecified atom stereocenters. The van der Waals surface area contributed by atoms with Gasteiger partial charge in [0.2, 0.25) is 23.6 Å². The summed E-state index contributed by atoms with van der Waals surface area (Å²) >= 11 is 0. The molecule has 0 saturated carbocycles. The van der Waals surface area contributed by atoms with Crippen molar-refractivity contribution >= 4 is 29.6 Å². The molecule has 180 valence electrons. The quantitative estimate of drug-likeness (QED) is 0.272. The Bertz CT molecular complexity index is 759. The Morgan fingerprint density at radius 2 is 1.47 bits per heavy atom. The van der Waals surface area contributed by atoms with E-state index in [1.54, 1.807) is 0 Å². The summed E-state index contributed by atoms with van der Waals surface area (Å²) in [4.78, 5) is 64.6. The second-order valence-electron chi connectivity index (χ2n) is 8.44. The number of amides is 4. The lowest BCUT2D eigenvalue weighted by Crippen LogP contribution is -2.57. The first-order valence-electron chi connectivity index (χ1n) is 10.8. The number of nitrogens with one attached hydrogen (secondary N) is 2. The lowest BCUT2D eigenvalue weighted by molar-refractivity contribution is -0.148. The number of hydrogen-bond acceptors (Lipinski definition) is 7. The van der Waals surface area contributed by atoms with Crippen LogP contribution in [0.2, 0.25) is 0 Å². The second-order valence-corrected chi connectivity index (χ2v) is 8.44. The number of likely N-dealkylation sites (tertiary alicyclic amines) is 2. The van der Waals surface area contributed by atoms with Gasteiger partial charge in [-0.1, -0.05) is 0 Å². The number of nitrogens with two attached hydrogens (primary N) is 1. The average molecular weight is 456 g/mol. The number of aliphatic hydroxyl groups is 1. The van der Waals surface area contributed by atoms with Crippen LogP contribution in [0, 0.1) is 0 Å². The molecule has 12 nitrogen and oxygen atoms in total. The minimum Gasteiger partial charge on any atom is -0.480 e. The number of hydrogen-bond donors (Lipinski definition) is 5. The van der Waals surface area contributed by atoms with Crippen LogP contribution in [0.15, 0.2) is 0 Å². The van der Waals surface area contributed by atoms with E-state index in [0.717, 1.165) is 0 Å². The van der Waals surface area contributed by atoms with Crippen molar-refractivity contribution in [2.24, 2.45) is 5.73 Å². The third-order valence-electron chi connectivity index (χ3n) is 5.94. The van der Waals surface area contributed by atoms with Gasteiger partial charge in [-0.2, -0.15) is 0 Å². The molecule has 2 saturated heterocycles. The van der Waals surface area contributed by atoms with E-state index in [4.69, 9.17) is 10.8 Å². The molecule has 6 N–H and O–H groups in total. The maximum atomic E-state index is 13.2. The van der Waals surface area contributed by atoms with E-state index in [1.165, 1.54) is 30.6 Å². The maximum absolute atomic E-state index is 13.2. The molecule has 0 radical (unpaired) electrons. The van der Waals surface area contributed by atoms with Crippen molar-refractivity contribution in [3.05, 3.63) is 0 Å². The van der Waals surface area contributed by atoms with Crippen molar-refractivity contribution in [3.8, 4) is 0 Å². The van der Waals surface area contributed by atoms with Gasteiger partial charge < -0.3 is 36.4 Å². The van der Waals surface area contributed by atoms with Crippen LogP contribution >= 0.6 is 0 Å². The molecule has 6 atom stereocenters. The number of aliphatic hydroxyl groups excluding tert-OH is 1. The predicted octanol–water partition coefficient (Wildman–Crippen LogP) is -2.23. The Morgan fingerprint density at radius 3 is 2.03 bits per heavy atom. The molecule has 4 amide bonds. The van der Waals surface area contributed by atoms with Crippen molar-refractivity contribution in [1.29, 1.82) is 0 Å². The summed E-state index contributed by atoms with van der Waals surface area (Å²) in [6, 6.07) is -4.77. The van der Waals surface area contributed by atoms with Gasteiger partial charge in [0.15, 0.2) is 0 Å². The van der Waals surface area contributed by atoms with E-state index < -0.39 is 60.0 Å². The van der Waals surface area contributed by atoms with E-state index in [2.05, 4.69) is 10.6 Å². The summed E-state index contributed by atoms with van der Waals surface area (Å²) in [5.74, 6) is -3.20. The fourth-order valence-electron chi connectivity index (χ4n) is 3.99. The van der Waals surface area contributed by atoms with Crippen molar-refractivity contribution < 1.29 is 34.2 Å². The van der Waals surface area contributed by atoms with Crippen LogP contribution in [-0.2, 0) is 24.0 Å². The highest BCUT2D eigenvalue weighted by molar-refractivity contribution is 5.96. The molecule has 0 aromatic rings. The smallest absolute Gasteiger partial charge is 0.325 e. The summed E-state index contributed by atoms with van der Waals surface area (Å²) in [5, 5.41) is 23.3. The molecule has 0 aliphatic carbocycles. The molecule has 0 aromatic heterocycles. The third kappa shape index (κ3) is 5.74. The molecule has 2 aliphatic heterocycles. The molecule has 2 fully saturated rings.